The van der Waals surface area contributed by atoms with Gasteiger partial charge in [-0.1, -0.05) is 0 Å². The molecule has 32 heavy (non-hydrogen) atoms. The van der Waals surface area contributed by atoms with Crippen LogP contribution >= 0.6 is 24.0 Å². The van der Waals surface area contributed by atoms with Gasteiger partial charge in [0.2, 0.25) is 0 Å². The molecule has 0 radical (unpaired) electrons. The summed E-state index contributed by atoms with van der Waals surface area (Å²) in [4.78, 5) is 6.99. The van der Waals surface area contributed by atoms with E-state index < -0.39 is 5.60 Å². The number of nitrogens with one attached hydrogen (secondary N) is 2. The second kappa shape index (κ2) is 12.3. The van der Waals surface area contributed by atoms with Crippen LogP contribution in [-0.4, -0.2) is 62.4 Å². The molecule has 1 fully saturated rings. The Morgan fingerprint density at radius 2 is 2.00 bits per heavy atom. The van der Waals surface area contributed by atoms with Crippen molar-refractivity contribution in [2.24, 2.45) is 4.99 Å². The maximum absolute atomic E-state index is 10.7. The van der Waals surface area contributed by atoms with Crippen molar-refractivity contribution in [3.8, 4) is 11.5 Å². The highest BCUT2D eigenvalue weighted by molar-refractivity contribution is 14.0. The van der Waals surface area contributed by atoms with Gasteiger partial charge in [0.05, 0.1) is 27.0 Å². The first-order valence-electron chi connectivity index (χ1n) is 10.7. The number of methoxy groups -OCH3 is 2. The summed E-state index contributed by atoms with van der Waals surface area (Å²) in [5.74, 6) is 2.80. The summed E-state index contributed by atoms with van der Waals surface area (Å²) in [6.07, 6.45) is 2.57. The van der Waals surface area contributed by atoms with Crippen molar-refractivity contribution < 1.29 is 19.0 Å². The van der Waals surface area contributed by atoms with E-state index in [1.807, 2.05) is 25.1 Å². The minimum Gasteiger partial charge on any atom is -0.497 e. The number of aliphatic imine (C=N–C) groups is 1. The molecular weight excluding hydrogens is 523 g/mol. The lowest BCUT2D eigenvalue weighted by atomic mass is 10.0. The minimum absolute atomic E-state index is 0. The first kappa shape index (κ1) is 26.3. The third-order valence-corrected chi connectivity index (χ3v) is 5.37. The van der Waals surface area contributed by atoms with E-state index in [4.69, 9.17) is 13.9 Å². The summed E-state index contributed by atoms with van der Waals surface area (Å²) in [5.41, 5.74) is 0.00540. The second-order valence-corrected chi connectivity index (χ2v) is 8.03. The van der Waals surface area contributed by atoms with E-state index in [1.54, 1.807) is 39.5 Å². The molecule has 0 saturated carbocycles. The highest BCUT2D eigenvalue weighted by Gasteiger charge is 2.27. The quantitative estimate of drug-likeness (QED) is 0.248. The first-order valence-corrected chi connectivity index (χ1v) is 10.7. The summed E-state index contributed by atoms with van der Waals surface area (Å²) in [5, 5.41) is 17.4. The molecule has 3 rings (SSSR count). The van der Waals surface area contributed by atoms with Crippen LogP contribution in [-0.2, 0) is 12.1 Å². The molecule has 1 aromatic heterocycles. The Balaban J connectivity index is 0.00000363. The number of ether oxygens (including phenoxy) is 2. The SMILES string of the molecule is CCNC(=NCC(C)(O)c1ccco1)NC1CCN(Cc2cc(OC)cc(OC)c2)C1.I. The molecule has 9 heteroatoms. The third kappa shape index (κ3) is 7.28. The molecule has 0 spiro atoms. The van der Waals surface area contributed by atoms with Crippen LogP contribution in [0.25, 0.3) is 0 Å². The molecule has 2 heterocycles. The molecule has 0 bridgehead atoms. The van der Waals surface area contributed by atoms with Gasteiger partial charge in [0.25, 0.3) is 0 Å². The van der Waals surface area contributed by atoms with Crippen molar-refractivity contribution in [3.63, 3.8) is 0 Å². The summed E-state index contributed by atoms with van der Waals surface area (Å²) in [6, 6.07) is 9.78. The van der Waals surface area contributed by atoms with Crippen LogP contribution in [0.1, 0.15) is 31.6 Å². The van der Waals surface area contributed by atoms with Gasteiger partial charge < -0.3 is 29.6 Å². The number of likely N-dealkylation sites (tertiary alicyclic amines) is 1. The lowest BCUT2D eigenvalue weighted by molar-refractivity contribution is 0.0436. The first-order chi connectivity index (χ1) is 14.9. The van der Waals surface area contributed by atoms with Crippen molar-refractivity contribution >= 4 is 29.9 Å². The molecule has 3 N–H and O–H groups in total. The van der Waals surface area contributed by atoms with Crippen LogP contribution in [0.15, 0.2) is 46.0 Å². The molecule has 1 aromatic carbocycles. The minimum atomic E-state index is -1.15. The lowest BCUT2D eigenvalue weighted by Gasteiger charge is -2.22. The molecular formula is C23H35IN4O4. The summed E-state index contributed by atoms with van der Waals surface area (Å²) >= 11 is 0. The molecule has 178 valence electrons. The number of rotatable bonds is 9. The molecule has 2 unspecified atom stereocenters. The second-order valence-electron chi connectivity index (χ2n) is 8.03. The molecule has 2 aromatic rings. The fourth-order valence-electron chi connectivity index (χ4n) is 3.72. The topological polar surface area (TPSA) is 91.5 Å². The zero-order valence-corrected chi connectivity index (χ0v) is 21.6. The van der Waals surface area contributed by atoms with Gasteiger partial charge in [-0.2, -0.15) is 0 Å². The van der Waals surface area contributed by atoms with Gasteiger partial charge in [-0.05, 0) is 50.1 Å². The van der Waals surface area contributed by atoms with Gasteiger partial charge in [0.1, 0.15) is 22.9 Å². The van der Waals surface area contributed by atoms with Crippen LogP contribution in [0.2, 0.25) is 0 Å². The number of benzene rings is 1. The van der Waals surface area contributed by atoms with Crippen LogP contribution in [0.5, 0.6) is 11.5 Å². The highest BCUT2D eigenvalue weighted by atomic mass is 127. The Morgan fingerprint density at radius 1 is 1.28 bits per heavy atom. The summed E-state index contributed by atoms with van der Waals surface area (Å²) in [7, 11) is 3.33. The largest absolute Gasteiger partial charge is 0.497 e. The van der Waals surface area contributed by atoms with Gasteiger partial charge in [0, 0.05) is 38.3 Å². The van der Waals surface area contributed by atoms with Crippen LogP contribution in [0.4, 0.5) is 0 Å². The Morgan fingerprint density at radius 3 is 2.59 bits per heavy atom. The normalized spacial score (nSPS) is 18.5. The average Bonchev–Trinajstić information content (AvgIpc) is 3.45. The maximum Gasteiger partial charge on any atom is 0.191 e. The monoisotopic (exact) mass is 558 g/mol. The molecule has 1 aliphatic heterocycles. The lowest BCUT2D eigenvalue weighted by Crippen LogP contribution is -2.45. The Hall–Kier alpha value is -1.98. The van der Waals surface area contributed by atoms with Crippen molar-refractivity contribution in [2.75, 3.05) is 40.4 Å². The predicted molar refractivity (Wildman–Crippen MR) is 136 cm³/mol. The number of halogens is 1. The van der Waals surface area contributed by atoms with Crippen molar-refractivity contribution in [2.45, 2.75) is 38.5 Å². The predicted octanol–water partition coefficient (Wildman–Crippen LogP) is 2.95. The van der Waals surface area contributed by atoms with E-state index in [0.717, 1.165) is 49.7 Å². The summed E-state index contributed by atoms with van der Waals surface area (Å²) in [6.45, 7) is 7.40. The standard InChI is InChI=1S/C23H34N4O4.HI/c1-5-24-22(25-16-23(2,28)21-7-6-10-31-21)26-18-8-9-27(15-18)14-17-11-19(29-3)13-20(12-17)30-4;/h6-7,10-13,18,28H,5,8-9,14-16H2,1-4H3,(H2,24,25,26);1H. The number of guanidine groups is 1. The number of furan rings is 1. The number of hydrogen-bond donors (Lipinski definition) is 3. The Labute approximate surface area is 207 Å². The van der Waals surface area contributed by atoms with E-state index in [-0.39, 0.29) is 36.6 Å². The van der Waals surface area contributed by atoms with Crippen molar-refractivity contribution in [3.05, 3.63) is 47.9 Å². The van der Waals surface area contributed by atoms with E-state index in [0.29, 0.717) is 11.7 Å². The third-order valence-electron chi connectivity index (χ3n) is 5.37. The summed E-state index contributed by atoms with van der Waals surface area (Å²) < 4.78 is 16.1. The van der Waals surface area contributed by atoms with Crippen molar-refractivity contribution in [1.29, 1.82) is 0 Å². The van der Waals surface area contributed by atoms with Gasteiger partial charge in [-0.25, -0.2) is 4.99 Å². The zero-order chi connectivity index (χ0) is 22.3. The number of aliphatic hydroxyl groups is 1. The molecule has 0 amide bonds. The molecule has 8 nitrogen and oxygen atoms in total. The fraction of sp³-hybridized carbons (Fsp3) is 0.522. The van der Waals surface area contributed by atoms with E-state index in [9.17, 15) is 5.11 Å². The van der Waals surface area contributed by atoms with Gasteiger partial charge >= 0.3 is 0 Å². The van der Waals surface area contributed by atoms with E-state index in [1.165, 1.54) is 0 Å². The van der Waals surface area contributed by atoms with Crippen LogP contribution in [0.3, 0.4) is 0 Å². The maximum atomic E-state index is 10.7. The zero-order valence-electron chi connectivity index (χ0n) is 19.3. The number of nitrogens with zero attached hydrogens (tertiary/aromatic N) is 2. The van der Waals surface area contributed by atoms with Crippen molar-refractivity contribution in [1.82, 2.24) is 15.5 Å². The number of hydrogen-bond acceptors (Lipinski definition) is 6. The van der Waals surface area contributed by atoms with E-state index in [2.05, 4.69) is 20.5 Å². The average molecular weight is 558 g/mol. The van der Waals surface area contributed by atoms with E-state index >= 15 is 0 Å². The van der Waals surface area contributed by atoms with Gasteiger partial charge in [-0.15, -0.1) is 24.0 Å². The van der Waals surface area contributed by atoms with Crippen LogP contribution < -0.4 is 20.1 Å². The Kier molecular flexibility index (Phi) is 10.1. The Bertz CT molecular complexity index is 835. The van der Waals surface area contributed by atoms with Crippen LogP contribution in [0, 0.1) is 0 Å². The van der Waals surface area contributed by atoms with Gasteiger partial charge in [0.15, 0.2) is 5.96 Å². The van der Waals surface area contributed by atoms with Gasteiger partial charge in [-0.3, -0.25) is 4.90 Å². The molecule has 2 atom stereocenters. The smallest absolute Gasteiger partial charge is 0.191 e. The molecule has 1 saturated heterocycles. The highest BCUT2D eigenvalue weighted by Crippen LogP contribution is 2.25. The molecule has 0 aliphatic carbocycles. The molecule has 1 aliphatic rings. The fourth-order valence-corrected chi connectivity index (χ4v) is 3.72.